The minimum Gasteiger partial charge on any atom is -0.466 e. The summed E-state index contributed by atoms with van der Waals surface area (Å²) in [6.45, 7) is 6.75. The fourth-order valence-corrected chi connectivity index (χ4v) is 13.6. The van der Waals surface area contributed by atoms with Gasteiger partial charge in [0.25, 0.3) is 0 Å². The second-order valence-corrected chi connectivity index (χ2v) is 28.5. The van der Waals surface area contributed by atoms with E-state index in [9.17, 15) is 24.0 Å². The summed E-state index contributed by atoms with van der Waals surface area (Å²) < 4.78 is 28.4. The maximum Gasteiger partial charge on any atom is 0.410 e. The van der Waals surface area contributed by atoms with Crippen LogP contribution < -0.4 is 0 Å². The molecule has 0 fully saturated rings. The van der Waals surface area contributed by atoms with Crippen LogP contribution >= 0.6 is 0 Å². The van der Waals surface area contributed by atoms with Gasteiger partial charge >= 0.3 is 30.0 Å². The molecule has 102 heavy (non-hydrogen) atoms. The van der Waals surface area contributed by atoms with Crippen molar-refractivity contribution in [3.63, 3.8) is 0 Å². The summed E-state index contributed by atoms with van der Waals surface area (Å²) in [5.74, 6) is -0.885. The first-order valence-electron chi connectivity index (χ1n) is 39.1. The Hall–Kier alpha value is -8.05. The third-order valence-corrected chi connectivity index (χ3v) is 19.2. The molecule has 1 amide bonds. The SMILES string of the molecule is CC(C)(C)OC(=O)N(CCOC(=O)CCCCCCCC/C=C/CCCCCCCCCOC(=O)CC(c1ccccc1)(c1ccccc1)c1ccccc1)CCOC(=O)CCCCCCCC/C=C/CCCCCCCCCOC(=O)CC(c1ccccc1)(c1ccccc1)c1ccccc1. The molecule has 6 aromatic rings. The molecule has 552 valence electrons. The molecule has 0 radical (unpaired) electrons. The van der Waals surface area contributed by atoms with Gasteiger partial charge in [0.05, 0.1) is 50.0 Å². The lowest BCUT2D eigenvalue weighted by molar-refractivity contribution is -0.146. The van der Waals surface area contributed by atoms with E-state index in [4.69, 9.17) is 23.7 Å². The number of carbonyl (C=O) groups excluding carboxylic acids is 5. The number of carbonyl (C=O) groups is 5. The van der Waals surface area contributed by atoms with Crippen molar-refractivity contribution in [3.05, 3.63) is 240 Å². The van der Waals surface area contributed by atoms with Crippen molar-refractivity contribution in [2.24, 2.45) is 0 Å². The second-order valence-electron chi connectivity index (χ2n) is 28.5. The highest BCUT2D eigenvalue weighted by atomic mass is 16.6. The predicted octanol–water partition coefficient (Wildman–Crippen LogP) is 22.8. The van der Waals surface area contributed by atoms with E-state index in [0.29, 0.717) is 26.1 Å². The number of benzene rings is 6. The van der Waals surface area contributed by atoms with E-state index >= 15 is 0 Å². The molecule has 0 heterocycles. The number of ether oxygens (including phenoxy) is 5. The molecule has 0 saturated carbocycles. The summed E-state index contributed by atoms with van der Waals surface area (Å²) in [5.41, 5.74) is 4.50. The molecule has 0 saturated heterocycles. The molecule has 0 N–H and O–H groups in total. The number of amides is 1. The van der Waals surface area contributed by atoms with Crippen molar-refractivity contribution in [1.82, 2.24) is 4.90 Å². The molecule has 6 rings (SSSR count). The first kappa shape index (κ1) is 82.9. The monoisotopic (exact) mass is 1390 g/mol. The molecule has 0 aromatic heterocycles. The number of nitrogens with zero attached hydrogens (tertiary/aromatic N) is 1. The lowest BCUT2D eigenvalue weighted by Crippen LogP contribution is -2.41. The highest BCUT2D eigenvalue weighted by molar-refractivity contribution is 5.76. The van der Waals surface area contributed by atoms with Crippen molar-refractivity contribution in [2.45, 2.75) is 256 Å². The predicted molar refractivity (Wildman–Crippen MR) is 415 cm³/mol. The van der Waals surface area contributed by atoms with E-state index in [1.807, 2.05) is 109 Å². The van der Waals surface area contributed by atoms with E-state index in [0.717, 1.165) is 149 Å². The standard InChI is InChI=1S/C91H123NO10/c1-89(2,3)102-88(97)92(70-74-100-84(93)68-52-30-26-22-18-14-10-6-4-8-12-16-20-24-28-32-54-72-98-86(95)76-90(78-56-40-34-41-57-78,79-58-42-35-43-59-79)80-60-44-36-45-61-80)71-75-101-85(94)69-53-31-27-23-19-15-11-7-5-9-13-17-21-25-29-33-55-73-99-87(96)77-91(81-62-46-37-47-63-81,82-64-48-38-49-65-82)83-66-50-39-51-67-83/h4-7,34-51,56-67H,8-33,52-55,68-77H2,1-3H3/b6-4+,7-5+. The van der Waals surface area contributed by atoms with Crippen LogP contribution in [-0.4, -0.2) is 80.0 Å². The van der Waals surface area contributed by atoms with Crippen LogP contribution in [0.1, 0.15) is 272 Å². The fraction of sp³-hybridized carbons (Fsp3) is 0.505. The zero-order valence-corrected chi connectivity index (χ0v) is 62.4. The molecule has 11 nitrogen and oxygen atoms in total. The summed E-state index contributed by atoms with van der Waals surface area (Å²) in [4.78, 5) is 66.7. The maximum absolute atomic E-state index is 13.5. The van der Waals surface area contributed by atoms with Gasteiger partial charge in [-0.1, -0.05) is 322 Å². The van der Waals surface area contributed by atoms with Gasteiger partial charge in [0.1, 0.15) is 18.8 Å². The summed E-state index contributed by atoms with van der Waals surface area (Å²) in [5, 5.41) is 0. The number of hydrogen-bond donors (Lipinski definition) is 0. The molecule has 0 aliphatic heterocycles. The Labute approximate surface area is 614 Å². The lowest BCUT2D eigenvalue weighted by Gasteiger charge is -2.35. The number of esters is 4. The van der Waals surface area contributed by atoms with Gasteiger partial charge in [0, 0.05) is 12.8 Å². The van der Waals surface area contributed by atoms with Crippen LogP contribution in [0.3, 0.4) is 0 Å². The van der Waals surface area contributed by atoms with Crippen LogP contribution in [-0.2, 0) is 53.7 Å². The Morgan fingerprint density at radius 3 is 0.765 bits per heavy atom. The highest BCUT2D eigenvalue weighted by Gasteiger charge is 2.40. The molecule has 11 heteroatoms. The van der Waals surface area contributed by atoms with Gasteiger partial charge < -0.3 is 28.6 Å². The van der Waals surface area contributed by atoms with E-state index < -0.39 is 22.5 Å². The van der Waals surface area contributed by atoms with Gasteiger partial charge in [-0.25, -0.2) is 4.79 Å². The molecule has 6 aromatic carbocycles. The van der Waals surface area contributed by atoms with Gasteiger partial charge in [0.15, 0.2) is 0 Å². The third kappa shape index (κ3) is 32.5. The van der Waals surface area contributed by atoms with Gasteiger partial charge in [0.2, 0.25) is 0 Å². The van der Waals surface area contributed by atoms with Crippen LogP contribution in [0, 0.1) is 0 Å². The topological polar surface area (TPSA) is 135 Å². The van der Waals surface area contributed by atoms with Crippen molar-refractivity contribution >= 4 is 30.0 Å². The summed E-state index contributed by atoms with van der Waals surface area (Å²) in [7, 11) is 0. The van der Waals surface area contributed by atoms with Crippen LogP contribution in [0.25, 0.3) is 0 Å². The zero-order chi connectivity index (χ0) is 72.3. The lowest BCUT2D eigenvalue weighted by atomic mass is 9.67. The van der Waals surface area contributed by atoms with Crippen LogP contribution in [0.15, 0.2) is 206 Å². The molecule has 0 aliphatic carbocycles. The van der Waals surface area contributed by atoms with Gasteiger partial charge in [-0.2, -0.15) is 0 Å². The van der Waals surface area contributed by atoms with E-state index in [2.05, 4.69) is 97.1 Å². The van der Waals surface area contributed by atoms with Crippen LogP contribution in [0.5, 0.6) is 0 Å². The number of rotatable bonds is 54. The average molecular weight is 1390 g/mol. The van der Waals surface area contributed by atoms with Crippen LogP contribution in [0.4, 0.5) is 4.79 Å². The van der Waals surface area contributed by atoms with E-state index in [1.165, 1.54) is 81.9 Å². The maximum atomic E-state index is 13.5. The second kappa shape index (κ2) is 50.3. The Balaban J connectivity index is 0.678. The smallest absolute Gasteiger partial charge is 0.410 e. The Morgan fingerprint density at radius 2 is 0.510 bits per heavy atom. The molecule has 0 atom stereocenters. The Morgan fingerprint density at radius 1 is 0.284 bits per heavy atom. The molecule has 0 unspecified atom stereocenters. The third-order valence-electron chi connectivity index (χ3n) is 19.2. The minimum atomic E-state index is -0.698. The van der Waals surface area contributed by atoms with Gasteiger partial charge in [-0.05, 0) is 131 Å². The van der Waals surface area contributed by atoms with E-state index in [-0.39, 0.29) is 63.0 Å². The van der Waals surface area contributed by atoms with Crippen LogP contribution in [0.2, 0.25) is 0 Å². The average Bonchev–Trinajstić information content (AvgIpc) is 0.764. The van der Waals surface area contributed by atoms with Crippen molar-refractivity contribution < 1.29 is 47.7 Å². The zero-order valence-electron chi connectivity index (χ0n) is 62.4. The Kier molecular flexibility index (Phi) is 40.9. The fourth-order valence-electron chi connectivity index (χ4n) is 13.6. The largest absolute Gasteiger partial charge is 0.466 e. The molecule has 0 spiro atoms. The Bertz CT molecular complexity index is 2840. The quantitative estimate of drug-likeness (QED) is 0.0119. The first-order valence-corrected chi connectivity index (χ1v) is 39.1. The normalized spacial score (nSPS) is 11.8. The van der Waals surface area contributed by atoms with Crippen molar-refractivity contribution in [2.75, 3.05) is 39.5 Å². The summed E-state index contributed by atoms with van der Waals surface area (Å²) >= 11 is 0. The first-order chi connectivity index (χ1) is 49.9. The summed E-state index contributed by atoms with van der Waals surface area (Å²) in [6, 6.07) is 61.9. The van der Waals surface area contributed by atoms with Gasteiger partial charge in [-0.15, -0.1) is 0 Å². The van der Waals surface area contributed by atoms with E-state index in [1.54, 1.807) is 20.8 Å². The van der Waals surface area contributed by atoms with Gasteiger partial charge in [-0.3, -0.25) is 19.2 Å². The molecule has 0 aliphatic rings. The van der Waals surface area contributed by atoms with Crippen molar-refractivity contribution in [3.8, 4) is 0 Å². The molecular formula is C91H123NO10. The molecular weight excluding hydrogens is 1270 g/mol. The number of unbranched alkanes of at least 4 members (excludes halogenated alkanes) is 26. The number of hydrogen-bond acceptors (Lipinski definition) is 10. The molecule has 0 bridgehead atoms. The summed E-state index contributed by atoms with van der Waals surface area (Å²) in [6.07, 6.45) is 43.2. The highest BCUT2D eigenvalue weighted by Crippen LogP contribution is 2.44. The minimum absolute atomic E-state index is 0.0541. The number of allylic oxidation sites excluding steroid dienone is 4. The van der Waals surface area contributed by atoms with Crippen molar-refractivity contribution in [1.29, 1.82) is 0 Å².